The lowest BCUT2D eigenvalue weighted by Gasteiger charge is -2.26. The van der Waals surface area contributed by atoms with Gasteiger partial charge in [-0.2, -0.15) is 23.5 Å². The number of carboxylic acid groups (broad SMARTS) is 2. The van der Waals surface area contributed by atoms with Crippen molar-refractivity contribution >= 4 is 47.8 Å². The monoisotopic (exact) mass is 480 g/mol. The molecule has 0 aliphatic carbocycles. The van der Waals surface area contributed by atoms with Crippen LogP contribution in [0.4, 0.5) is 9.59 Å². The summed E-state index contributed by atoms with van der Waals surface area (Å²) < 4.78 is 2.15. The van der Waals surface area contributed by atoms with Crippen LogP contribution in [-0.2, 0) is 24.6 Å². The van der Waals surface area contributed by atoms with E-state index in [0.717, 1.165) is 53.9 Å². The van der Waals surface area contributed by atoms with Gasteiger partial charge in [0.2, 0.25) is 0 Å². The van der Waals surface area contributed by atoms with Crippen molar-refractivity contribution in [3.8, 4) is 0 Å². The highest BCUT2D eigenvalue weighted by molar-refractivity contribution is 7.98. The molecular weight excluding hydrogens is 452 g/mol. The summed E-state index contributed by atoms with van der Waals surface area (Å²) in [6.07, 6.45) is -2.35. The second kappa shape index (κ2) is 13.4. The number of hydrogen-bond donors (Lipinski definition) is 2. The SMILES string of the molecule is CCSCc1ccccc1CN(SN(Cc1ccccc1CSCC)C(=O)O)C(=O)O. The summed E-state index contributed by atoms with van der Waals surface area (Å²) in [5.74, 6) is 3.51. The molecule has 0 aliphatic heterocycles. The average molecular weight is 481 g/mol. The quantitative estimate of drug-likeness (QED) is 0.339. The molecular formula is C22H28N2O4S3. The van der Waals surface area contributed by atoms with E-state index in [9.17, 15) is 19.8 Å². The zero-order valence-electron chi connectivity index (χ0n) is 17.7. The van der Waals surface area contributed by atoms with Crippen molar-refractivity contribution in [2.75, 3.05) is 11.5 Å². The van der Waals surface area contributed by atoms with Crippen LogP contribution in [0.3, 0.4) is 0 Å². The zero-order valence-corrected chi connectivity index (χ0v) is 20.1. The number of carbonyl (C=O) groups is 2. The van der Waals surface area contributed by atoms with Gasteiger partial charge in [-0.15, -0.1) is 0 Å². The van der Waals surface area contributed by atoms with Gasteiger partial charge in [-0.25, -0.2) is 18.2 Å². The van der Waals surface area contributed by atoms with Gasteiger partial charge in [0.15, 0.2) is 0 Å². The van der Waals surface area contributed by atoms with Crippen LogP contribution in [0.25, 0.3) is 0 Å². The van der Waals surface area contributed by atoms with Gasteiger partial charge in [-0.3, -0.25) is 0 Å². The predicted octanol–water partition coefficient (Wildman–Crippen LogP) is 6.42. The van der Waals surface area contributed by atoms with Crippen LogP contribution in [-0.4, -0.2) is 42.5 Å². The molecule has 0 saturated heterocycles. The lowest BCUT2D eigenvalue weighted by molar-refractivity contribution is 0.166. The molecule has 0 heterocycles. The van der Waals surface area contributed by atoms with Crippen LogP contribution in [0.5, 0.6) is 0 Å². The minimum atomic E-state index is -1.18. The lowest BCUT2D eigenvalue weighted by Crippen LogP contribution is -2.32. The van der Waals surface area contributed by atoms with Crippen molar-refractivity contribution in [2.45, 2.75) is 38.4 Å². The number of hydrogen-bond acceptors (Lipinski definition) is 5. The van der Waals surface area contributed by atoms with Crippen LogP contribution in [0.15, 0.2) is 48.5 Å². The summed E-state index contributed by atoms with van der Waals surface area (Å²) in [4.78, 5) is 23.8. The van der Waals surface area contributed by atoms with Gasteiger partial charge < -0.3 is 10.2 Å². The fourth-order valence-electron chi connectivity index (χ4n) is 2.82. The molecule has 0 saturated carbocycles. The summed E-state index contributed by atoms with van der Waals surface area (Å²) in [5, 5.41) is 19.5. The van der Waals surface area contributed by atoms with Gasteiger partial charge in [0, 0.05) is 11.5 Å². The second-order valence-electron chi connectivity index (χ2n) is 6.53. The Labute approximate surface area is 196 Å². The van der Waals surface area contributed by atoms with E-state index in [2.05, 4.69) is 13.8 Å². The van der Waals surface area contributed by atoms with Crippen molar-refractivity contribution in [1.82, 2.24) is 8.61 Å². The molecule has 0 unspecified atom stereocenters. The van der Waals surface area contributed by atoms with Crippen molar-refractivity contribution in [3.05, 3.63) is 70.8 Å². The maximum atomic E-state index is 11.9. The molecule has 2 aromatic rings. The van der Waals surface area contributed by atoms with E-state index in [1.165, 1.54) is 0 Å². The molecule has 168 valence electrons. The number of thioether (sulfide) groups is 2. The Bertz CT molecular complexity index is 797. The van der Waals surface area contributed by atoms with E-state index in [-0.39, 0.29) is 13.1 Å². The Morgan fingerprint density at radius 2 is 1.06 bits per heavy atom. The molecule has 31 heavy (non-hydrogen) atoms. The van der Waals surface area contributed by atoms with E-state index >= 15 is 0 Å². The van der Waals surface area contributed by atoms with Crippen molar-refractivity contribution in [2.24, 2.45) is 0 Å². The average Bonchev–Trinajstić information content (AvgIpc) is 2.76. The summed E-state index contributed by atoms with van der Waals surface area (Å²) in [7, 11) is 0. The van der Waals surface area contributed by atoms with Gasteiger partial charge in [0.25, 0.3) is 0 Å². The van der Waals surface area contributed by atoms with Crippen molar-refractivity contribution in [1.29, 1.82) is 0 Å². The van der Waals surface area contributed by atoms with E-state index < -0.39 is 12.2 Å². The van der Waals surface area contributed by atoms with Crippen LogP contribution < -0.4 is 0 Å². The highest BCUT2D eigenvalue weighted by atomic mass is 32.2. The maximum Gasteiger partial charge on any atom is 0.419 e. The van der Waals surface area contributed by atoms with E-state index in [0.29, 0.717) is 12.1 Å². The smallest absolute Gasteiger partial charge is 0.419 e. The Morgan fingerprint density at radius 1 is 0.710 bits per heavy atom. The van der Waals surface area contributed by atoms with Crippen LogP contribution in [0, 0.1) is 0 Å². The minimum Gasteiger partial charge on any atom is -0.464 e. The summed E-state index contributed by atoms with van der Waals surface area (Å²) in [6.45, 7) is 4.37. The van der Waals surface area contributed by atoms with Crippen LogP contribution in [0.1, 0.15) is 36.1 Å². The summed E-state index contributed by atoms with van der Waals surface area (Å²) in [5.41, 5.74) is 3.88. The molecule has 2 rings (SSSR count). The summed E-state index contributed by atoms with van der Waals surface area (Å²) >= 11 is 4.24. The standard InChI is InChI=1S/C22H28N2O4S3/c1-3-29-15-19-11-7-5-9-17(19)13-23(21(25)26)31-24(22(27)28)14-18-10-6-8-12-20(18)16-30-4-2/h5-12H,3-4,13-16H2,1-2H3,(H,25,26)(H,27,28). The molecule has 0 spiro atoms. The third-order valence-electron chi connectivity index (χ3n) is 4.41. The molecule has 9 heteroatoms. The van der Waals surface area contributed by atoms with E-state index in [4.69, 9.17) is 0 Å². The molecule has 0 atom stereocenters. The third kappa shape index (κ3) is 8.23. The first-order valence-corrected chi connectivity index (χ1v) is 13.0. The van der Waals surface area contributed by atoms with Gasteiger partial charge in [-0.05, 0) is 33.8 Å². The lowest BCUT2D eigenvalue weighted by atomic mass is 10.1. The number of rotatable bonds is 12. The van der Waals surface area contributed by atoms with Gasteiger partial charge in [0.1, 0.15) is 0 Å². The minimum absolute atomic E-state index is 0.109. The largest absolute Gasteiger partial charge is 0.464 e. The number of benzene rings is 2. The highest BCUT2D eigenvalue weighted by Crippen LogP contribution is 2.27. The van der Waals surface area contributed by atoms with Crippen molar-refractivity contribution < 1.29 is 19.8 Å². The Kier molecular flexibility index (Phi) is 11.0. The first kappa shape index (κ1) is 25.3. The zero-order chi connectivity index (χ0) is 22.6. The topological polar surface area (TPSA) is 81.1 Å². The second-order valence-corrected chi connectivity index (χ2v) is 10.1. The third-order valence-corrected chi connectivity index (χ3v) is 7.22. The van der Waals surface area contributed by atoms with Crippen molar-refractivity contribution in [3.63, 3.8) is 0 Å². The Hall–Kier alpha value is -1.97. The number of amides is 2. The van der Waals surface area contributed by atoms with Gasteiger partial charge >= 0.3 is 12.2 Å². The highest BCUT2D eigenvalue weighted by Gasteiger charge is 2.24. The molecule has 2 N–H and O–H groups in total. The van der Waals surface area contributed by atoms with Crippen LogP contribution in [0.2, 0.25) is 0 Å². The fourth-order valence-corrected chi connectivity index (χ4v) is 5.00. The molecule has 2 aromatic carbocycles. The first-order valence-electron chi connectivity index (χ1n) is 9.94. The van der Waals surface area contributed by atoms with Crippen LogP contribution >= 0.6 is 35.7 Å². The molecule has 0 radical (unpaired) electrons. The Morgan fingerprint density at radius 3 is 1.39 bits per heavy atom. The Balaban J connectivity index is 2.18. The summed E-state index contributed by atoms with van der Waals surface area (Å²) in [6, 6.07) is 15.4. The molecule has 0 bridgehead atoms. The normalized spacial score (nSPS) is 10.6. The maximum absolute atomic E-state index is 11.9. The molecule has 0 aliphatic rings. The van der Waals surface area contributed by atoms with Gasteiger partial charge in [-0.1, -0.05) is 62.4 Å². The molecule has 0 fully saturated rings. The molecule has 6 nitrogen and oxygen atoms in total. The first-order chi connectivity index (χ1) is 15.0. The molecule has 2 amide bonds. The number of nitrogens with zero attached hydrogens (tertiary/aromatic N) is 2. The molecule has 0 aromatic heterocycles. The van der Waals surface area contributed by atoms with E-state index in [1.807, 2.05) is 48.5 Å². The predicted molar refractivity (Wildman–Crippen MR) is 131 cm³/mol. The van der Waals surface area contributed by atoms with Gasteiger partial charge in [0.05, 0.1) is 25.2 Å². The van der Waals surface area contributed by atoms with E-state index in [1.54, 1.807) is 23.5 Å². The fraction of sp³-hybridized carbons (Fsp3) is 0.364.